The van der Waals surface area contributed by atoms with Crippen molar-refractivity contribution in [1.29, 1.82) is 0 Å². The molecule has 0 aliphatic carbocycles. The number of carboxylic acid groups (broad SMARTS) is 1. The van der Waals surface area contributed by atoms with Crippen LogP contribution in [0.3, 0.4) is 0 Å². The van der Waals surface area contributed by atoms with Crippen LogP contribution in [-0.4, -0.2) is 25.7 Å². The second kappa shape index (κ2) is 14.8. The van der Waals surface area contributed by atoms with Gasteiger partial charge >= 0.3 is 5.97 Å². The summed E-state index contributed by atoms with van der Waals surface area (Å²) in [6.45, 7) is 0. The summed E-state index contributed by atoms with van der Waals surface area (Å²) in [7, 11) is 0. The van der Waals surface area contributed by atoms with Gasteiger partial charge in [0.25, 0.3) is 0 Å². The zero-order chi connectivity index (χ0) is 20.6. The highest BCUT2D eigenvalue weighted by atomic mass is 16.4. The van der Waals surface area contributed by atoms with Gasteiger partial charge in [0.2, 0.25) is 0 Å². The zero-order valence-corrected chi connectivity index (χ0v) is 17.8. The molecule has 0 fully saturated rings. The fraction of sp³-hybridized carbons (Fsp3) is 0.625. The first-order valence-corrected chi connectivity index (χ1v) is 11.4. The van der Waals surface area contributed by atoms with Gasteiger partial charge in [0, 0.05) is 24.4 Å². The van der Waals surface area contributed by atoms with E-state index in [-0.39, 0.29) is 0 Å². The number of aromatic nitrogens is 3. The predicted octanol–water partition coefficient (Wildman–Crippen LogP) is 6.37. The monoisotopic (exact) mass is 399 g/mol. The highest BCUT2D eigenvalue weighted by Crippen LogP contribution is 2.12. The van der Waals surface area contributed by atoms with Crippen molar-refractivity contribution in [1.82, 2.24) is 14.6 Å². The van der Waals surface area contributed by atoms with Gasteiger partial charge in [0.15, 0.2) is 5.65 Å². The molecule has 2 rings (SSSR count). The number of hydrogen-bond acceptors (Lipinski definition) is 3. The van der Waals surface area contributed by atoms with Crippen LogP contribution in [-0.2, 0) is 11.2 Å². The van der Waals surface area contributed by atoms with Crippen molar-refractivity contribution in [3.63, 3.8) is 0 Å². The van der Waals surface area contributed by atoms with Crippen LogP contribution in [0.2, 0.25) is 0 Å². The maximum atomic E-state index is 10.4. The van der Waals surface area contributed by atoms with Gasteiger partial charge in [-0.3, -0.25) is 4.79 Å². The van der Waals surface area contributed by atoms with Gasteiger partial charge in [-0.15, -0.1) is 0 Å². The van der Waals surface area contributed by atoms with E-state index in [4.69, 9.17) is 5.11 Å². The molecule has 1 N–H and O–H groups in total. The summed E-state index contributed by atoms with van der Waals surface area (Å²) < 4.78 is 1.81. The molecule has 0 radical (unpaired) electrons. The Morgan fingerprint density at radius 2 is 1.48 bits per heavy atom. The van der Waals surface area contributed by atoms with Crippen molar-refractivity contribution in [2.75, 3.05) is 0 Å². The minimum Gasteiger partial charge on any atom is -0.481 e. The van der Waals surface area contributed by atoms with E-state index < -0.39 is 5.97 Å². The number of hydrogen-bond donors (Lipinski definition) is 1. The zero-order valence-electron chi connectivity index (χ0n) is 17.8. The second-order valence-corrected chi connectivity index (χ2v) is 7.88. The van der Waals surface area contributed by atoms with Crippen molar-refractivity contribution in [2.45, 2.75) is 96.3 Å². The number of aliphatic carboxylic acids is 1. The standard InChI is InChI=1S/C24H37N3O2/c28-24(29)17-15-13-11-9-7-5-3-1-2-4-6-8-10-12-14-16-22-19-21-27-23(26-22)18-20-25-27/h1,3,18-21H,2,4-17H2,(H,28,29). The molecule has 0 bridgehead atoms. The van der Waals surface area contributed by atoms with Crippen LogP contribution in [0.15, 0.2) is 36.7 Å². The molecule has 2 aromatic rings. The molecule has 5 heteroatoms. The lowest BCUT2D eigenvalue weighted by Gasteiger charge is -2.02. The summed E-state index contributed by atoms with van der Waals surface area (Å²) >= 11 is 0. The molecular formula is C24H37N3O2. The van der Waals surface area contributed by atoms with Crippen LogP contribution in [0.1, 0.15) is 95.6 Å². The number of fused-ring (bicyclic) bond motifs is 1. The summed E-state index contributed by atoms with van der Waals surface area (Å²) in [5.74, 6) is -0.672. The molecule has 0 aliphatic rings. The number of carbonyl (C=O) groups is 1. The van der Waals surface area contributed by atoms with Gasteiger partial charge in [0.05, 0.1) is 6.20 Å². The lowest BCUT2D eigenvalue weighted by Crippen LogP contribution is -1.95. The fourth-order valence-electron chi connectivity index (χ4n) is 3.57. The lowest BCUT2D eigenvalue weighted by molar-refractivity contribution is -0.137. The topological polar surface area (TPSA) is 67.5 Å². The number of allylic oxidation sites excluding steroid dienone is 2. The number of unbranched alkanes of at least 4 members (excludes halogenated alkanes) is 11. The fourth-order valence-corrected chi connectivity index (χ4v) is 3.57. The number of rotatable bonds is 17. The smallest absolute Gasteiger partial charge is 0.303 e. The Bertz CT molecular complexity index is 724. The molecular weight excluding hydrogens is 362 g/mol. The van der Waals surface area contributed by atoms with E-state index >= 15 is 0 Å². The Morgan fingerprint density at radius 3 is 2.17 bits per heavy atom. The average molecular weight is 400 g/mol. The number of aryl methyl sites for hydroxylation is 1. The largest absolute Gasteiger partial charge is 0.481 e. The molecule has 0 unspecified atom stereocenters. The molecule has 2 aromatic heterocycles. The van der Waals surface area contributed by atoms with Crippen molar-refractivity contribution < 1.29 is 9.90 Å². The molecule has 0 aliphatic heterocycles. The Balaban J connectivity index is 1.33. The van der Waals surface area contributed by atoms with E-state index in [0.717, 1.165) is 37.8 Å². The van der Waals surface area contributed by atoms with Crippen molar-refractivity contribution in [3.8, 4) is 0 Å². The maximum Gasteiger partial charge on any atom is 0.303 e. The summed E-state index contributed by atoms with van der Waals surface area (Å²) in [6.07, 6.45) is 25.4. The molecule has 2 heterocycles. The van der Waals surface area contributed by atoms with Gasteiger partial charge in [-0.1, -0.05) is 57.1 Å². The molecule has 5 nitrogen and oxygen atoms in total. The molecule has 0 saturated heterocycles. The maximum absolute atomic E-state index is 10.4. The van der Waals surface area contributed by atoms with E-state index in [0.29, 0.717) is 6.42 Å². The van der Waals surface area contributed by atoms with E-state index in [2.05, 4.69) is 28.3 Å². The molecule has 0 saturated carbocycles. The second-order valence-electron chi connectivity index (χ2n) is 7.88. The van der Waals surface area contributed by atoms with Crippen LogP contribution in [0.5, 0.6) is 0 Å². The van der Waals surface area contributed by atoms with Crippen LogP contribution < -0.4 is 0 Å². The molecule has 0 amide bonds. The van der Waals surface area contributed by atoms with Gasteiger partial charge in [-0.05, 0) is 51.0 Å². The Hall–Kier alpha value is -2.17. The normalized spacial score (nSPS) is 11.6. The van der Waals surface area contributed by atoms with E-state index in [9.17, 15) is 4.79 Å². The third-order valence-corrected chi connectivity index (χ3v) is 5.30. The highest BCUT2D eigenvalue weighted by Gasteiger charge is 1.99. The Kier molecular flexibility index (Phi) is 11.8. The van der Waals surface area contributed by atoms with Crippen LogP contribution >= 0.6 is 0 Å². The summed E-state index contributed by atoms with van der Waals surface area (Å²) in [5.41, 5.74) is 2.11. The van der Waals surface area contributed by atoms with Crippen molar-refractivity contribution in [2.24, 2.45) is 0 Å². The van der Waals surface area contributed by atoms with E-state index in [1.54, 1.807) is 6.20 Å². The molecule has 29 heavy (non-hydrogen) atoms. The third kappa shape index (κ3) is 10.8. The Labute approximate surface area is 175 Å². The minimum atomic E-state index is -0.672. The molecule has 0 spiro atoms. The minimum absolute atomic E-state index is 0.319. The highest BCUT2D eigenvalue weighted by molar-refractivity contribution is 5.66. The van der Waals surface area contributed by atoms with Crippen LogP contribution in [0.4, 0.5) is 0 Å². The first-order valence-electron chi connectivity index (χ1n) is 11.4. The first kappa shape index (κ1) is 23.1. The number of carboxylic acids is 1. The quantitative estimate of drug-likeness (QED) is 0.248. The van der Waals surface area contributed by atoms with Crippen molar-refractivity contribution in [3.05, 3.63) is 42.4 Å². The molecule has 0 aromatic carbocycles. The van der Waals surface area contributed by atoms with Gasteiger partial charge < -0.3 is 5.11 Å². The van der Waals surface area contributed by atoms with Gasteiger partial charge in [0.1, 0.15) is 0 Å². The van der Waals surface area contributed by atoms with Crippen molar-refractivity contribution >= 4 is 11.6 Å². The lowest BCUT2D eigenvalue weighted by atomic mass is 10.1. The molecule has 0 atom stereocenters. The average Bonchev–Trinajstić information content (AvgIpc) is 3.18. The predicted molar refractivity (Wildman–Crippen MR) is 118 cm³/mol. The number of nitrogens with zero attached hydrogens (tertiary/aromatic N) is 3. The van der Waals surface area contributed by atoms with Crippen LogP contribution in [0.25, 0.3) is 5.65 Å². The SMILES string of the molecule is O=C(O)CCCCCCCC=CCCCCCCCCc1ccn2nccc2n1. The molecule has 160 valence electrons. The summed E-state index contributed by atoms with van der Waals surface area (Å²) in [6, 6.07) is 4.02. The third-order valence-electron chi connectivity index (χ3n) is 5.30. The first-order chi connectivity index (χ1) is 14.3. The summed E-state index contributed by atoms with van der Waals surface area (Å²) in [4.78, 5) is 15.0. The van der Waals surface area contributed by atoms with E-state index in [1.165, 1.54) is 63.5 Å². The van der Waals surface area contributed by atoms with Gasteiger partial charge in [-0.25, -0.2) is 9.50 Å². The van der Waals surface area contributed by atoms with E-state index in [1.807, 2.05) is 16.8 Å². The Morgan fingerprint density at radius 1 is 0.862 bits per heavy atom. The van der Waals surface area contributed by atoms with Gasteiger partial charge in [-0.2, -0.15) is 5.10 Å². The van der Waals surface area contributed by atoms with Crippen LogP contribution in [0, 0.1) is 0 Å². The summed E-state index contributed by atoms with van der Waals surface area (Å²) in [5, 5.41) is 12.8.